The first-order valence-corrected chi connectivity index (χ1v) is 10.3. The summed E-state index contributed by atoms with van der Waals surface area (Å²) < 4.78 is 10.5. The highest BCUT2D eigenvalue weighted by Gasteiger charge is 2.30. The summed E-state index contributed by atoms with van der Waals surface area (Å²) in [7, 11) is 3.04. The summed E-state index contributed by atoms with van der Waals surface area (Å²) in [6, 6.07) is 9.10. The van der Waals surface area contributed by atoms with Crippen LogP contribution in [0, 0.1) is 19.8 Å². The molecule has 2 amide bonds. The minimum atomic E-state index is -0.323. The number of nitrogens with one attached hydrogen (secondary N) is 1. The average Bonchev–Trinajstić information content (AvgIpc) is 2.73. The maximum Gasteiger partial charge on any atom is 0.253 e. The average molecular weight is 431 g/mol. The van der Waals surface area contributed by atoms with E-state index in [0.717, 1.165) is 17.5 Å². The Balaban J connectivity index is 1.74. The Labute approximate surface area is 182 Å². The first kappa shape index (κ1) is 22.0. The van der Waals surface area contributed by atoms with Crippen LogP contribution < -0.4 is 14.8 Å². The van der Waals surface area contributed by atoms with E-state index in [4.69, 9.17) is 21.1 Å². The van der Waals surface area contributed by atoms with E-state index in [1.807, 2.05) is 32.0 Å². The minimum Gasteiger partial charge on any atom is -0.497 e. The highest BCUT2D eigenvalue weighted by molar-refractivity contribution is 6.34. The third kappa shape index (κ3) is 4.87. The molecule has 0 saturated carbocycles. The molecular formula is C23H27ClN2O4. The van der Waals surface area contributed by atoms with Gasteiger partial charge in [0.1, 0.15) is 17.2 Å². The molecule has 1 fully saturated rings. The molecule has 0 aliphatic carbocycles. The number of carbonyl (C=O) groups excluding carboxylic acids is 2. The first-order chi connectivity index (χ1) is 14.3. The second-order valence-electron chi connectivity index (χ2n) is 7.64. The fourth-order valence-electron chi connectivity index (χ4n) is 3.84. The molecule has 1 heterocycles. The van der Waals surface area contributed by atoms with Crippen LogP contribution in [0.3, 0.4) is 0 Å². The summed E-state index contributed by atoms with van der Waals surface area (Å²) in [5.74, 6) is 0.415. The summed E-state index contributed by atoms with van der Waals surface area (Å²) in [5.41, 5.74) is 3.16. The van der Waals surface area contributed by atoms with E-state index >= 15 is 0 Å². The van der Waals surface area contributed by atoms with Crippen LogP contribution in [0.5, 0.6) is 11.5 Å². The summed E-state index contributed by atoms with van der Waals surface area (Å²) in [5, 5.41) is 3.21. The molecule has 3 rings (SSSR count). The molecule has 160 valence electrons. The smallest absolute Gasteiger partial charge is 0.253 e. The molecule has 1 N–H and O–H groups in total. The van der Waals surface area contributed by atoms with Crippen LogP contribution >= 0.6 is 11.6 Å². The molecule has 0 unspecified atom stereocenters. The standard InChI is InChI=1S/C23H27ClN2O4/c1-14-8-15(2)10-17(9-14)23(28)26-7-5-6-16(13-26)22(27)25-21-19(24)11-18(29-3)12-20(21)30-4/h8-12,16H,5-7,13H2,1-4H3,(H,25,27)/t16-/m0/s1. The van der Waals surface area contributed by atoms with Crippen LogP contribution in [0.25, 0.3) is 0 Å². The van der Waals surface area contributed by atoms with Crippen LogP contribution in [0.4, 0.5) is 5.69 Å². The predicted octanol–water partition coefficient (Wildman–Crippen LogP) is 4.46. The fraction of sp³-hybridized carbons (Fsp3) is 0.391. The monoisotopic (exact) mass is 430 g/mol. The van der Waals surface area contributed by atoms with Crippen molar-refractivity contribution in [3.8, 4) is 11.5 Å². The van der Waals surface area contributed by atoms with E-state index in [2.05, 4.69) is 5.32 Å². The van der Waals surface area contributed by atoms with Crippen LogP contribution in [0.2, 0.25) is 5.02 Å². The number of ether oxygens (including phenoxy) is 2. The lowest BCUT2D eigenvalue weighted by molar-refractivity contribution is -0.121. The Morgan fingerprint density at radius 3 is 2.40 bits per heavy atom. The molecule has 0 spiro atoms. The first-order valence-electron chi connectivity index (χ1n) is 9.92. The number of anilines is 1. The summed E-state index contributed by atoms with van der Waals surface area (Å²) >= 11 is 6.32. The van der Waals surface area contributed by atoms with E-state index < -0.39 is 0 Å². The van der Waals surface area contributed by atoms with Crippen molar-refractivity contribution in [2.24, 2.45) is 5.92 Å². The molecule has 1 saturated heterocycles. The number of hydrogen-bond donors (Lipinski definition) is 1. The zero-order valence-corrected chi connectivity index (χ0v) is 18.5. The quantitative estimate of drug-likeness (QED) is 0.760. The van der Waals surface area contributed by atoms with Crippen molar-refractivity contribution in [1.82, 2.24) is 4.90 Å². The van der Waals surface area contributed by atoms with Gasteiger partial charge in [0.15, 0.2) is 0 Å². The second kappa shape index (κ2) is 9.39. The molecule has 7 heteroatoms. The number of piperidine rings is 1. The van der Waals surface area contributed by atoms with E-state index in [1.54, 1.807) is 17.0 Å². The molecule has 1 aliphatic heterocycles. The van der Waals surface area contributed by atoms with Crippen LogP contribution in [0.15, 0.2) is 30.3 Å². The van der Waals surface area contributed by atoms with E-state index in [-0.39, 0.29) is 17.7 Å². The zero-order valence-electron chi connectivity index (χ0n) is 17.8. The van der Waals surface area contributed by atoms with Crippen molar-refractivity contribution in [2.75, 3.05) is 32.6 Å². The molecule has 1 aliphatic rings. The topological polar surface area (TPSA) is 67.9 Å². The number of rotatable bonds is 5. The molecule has 0 radical (unpaired) electrons. The van der Waals surface area contributed by atoms with Crippen LogP contribution in [-0.2, 0) is 4.79 Å². The fourth-order valence-corrected chi connectivity index (χ4v) is 4.09. The lowest BCUT2D eigenvalue weighted by Gasteiger charge is -2.32. The number of nitrogens with zero attached hydrogens (tertiary/aromatic N) is 1. The molecule has 30 heavy (non-hydrogen) atoms. The molecule has 6 nitrogen and oxygen atoms in total. The number of benzene rings is 2. The molecule has 2 aromatic rings. The van der Waals surface area contributed by atoms with Gasteiger partial charge in [-0.25, -0.2) is 0 Å². The molecule has 0 aromatic heterocycles. The second-order valence-corrected chi connectivity index (χ2v) is 8.05. The number of hydrogen-bond acceptors (Lipinski definition) is 4. The normalized spacial score (nSPS) is 16.2. The van der Waals surface area contributed by atoms with Crippen LogP contribution in [0.1, 0.15) is 34.3 Å². The number of halogens is 1. The van der Waals surface area contributed by atoms with Gasteiger partial charge in [-0.05, 0) is 38.8 Å². The van der Waals surface area contributed by atoms with Gasteiger partial charge in [-0.2, -0.15) is 0 Å². The Morgan fingerprint density at radius 1 is 1.07 bits per heavy atom. The Bertz CT molecular complexity index is 940. The Kier molecular flexibility index (Phi) is 6.87. The minimum absolute atomic E-state index is 0.0423. The summed E-state index contributed by atoms with van der Waals surface area (Å²) in [6.45, 7) is 4.96. The summed E-state index contributed by atoms with van der Waals surface area (Å²) in [4.78, 5) is 27.7. The summed E-state index contributed by atoms with van der Waals surface area (Å²) in [6.07, 6.45) is 1.47. The van der Waals surface area contributed by atoms with Gasteiger partial charge in [0, 0.05) is 30.8 Å². The maximum atomic E-state index is 13.0. The number of carbonyl (C=O) groups is 2. The van der Waals surface area contributed by atoms with Crippen molar-refractivity contribution >= 4 is 29.1 Å². The number of aryl methyl sites for hydroxylation is 2. The van der Waals surface area contributed by atoms with Crippen molar-refractivity contribution in [2.45, 2.75) is 26.7 Å². The van der Waals surface area contributed by atoms with E-state index in [9.17, 15) is 9.59 Å². The van der Waals surface area contributed by atoms with E-state index in [1.165, 1.54) is 14.2 Å². The maximum absolute atomic E-state index is 13.0. The van der Waals surface area contributed by atoms with Gasteiger partial charge in [-0.15, -0.1) is 0 Å². The van der Waals surface area contributed by atoms with Gasteiger partial charge >= 0.3 is 0 Å². The lowest BCUT2D eigenvalue weighted by atomic mass is 9.96. The molecule has 2 aromatic carbocycles. The van der Waals surface area contributed by atoms with Crippen molar-refractivity contribution in [1.29, 1.82) is 0 Å². The van der Waals surface area contributed by atoms with Gasteiger partial charge in [-0.1, -0.05) is 28.8 Å². The highest BCUT2D eigenvalue weighted by atomic mass is 35.5. The third-order valence-corrected chi connectivity index (χ3v) is 5.58. The van der Waals surface area contributed by atoms with Crippen molar-refractivity contribution in [3.05, 3.63) is 52.0 Å². The van der Waals surface area contributed by atoms with Crippen molar-refractivity contribution in [3.63, 3.8) is 0 Å². The van der Waals surface area contributed by atoms with Gasteiger partial charge in [0.05, 0.1) is 25.2 Å². The van der Waals surface area contributed by atoms with Gasteiger partial charge in [-0.3, -0.25) is 9.59 Å². The van der Waals surface area contributed by atoms with Crippen molar-refractivity contribution < 1.29 is 19.1 Å². The Hall–Kier alpha value is -2.73. The van der Waals surface area contributed by atoms with Gasteiger partial charge in [0.25, 0.3) is 5.91 Å². The number of amides is 2. The third-order valence-electron chi connectivity index (χ3n) is 5.28. The Morgan fingerprint density at radius 2 is 1.77 bits per heavy atom. The lowest BCUT2D eigenvalue weighted by Crippen LogP contribution is -2.43. The van der Waals surface area contributed by atoms with Gasteiger partial charge < -0.3 is 19.7 Å². The van der Waals surface area contributed by atoms with Gasteiger partial charge in [0.2, 0.25) is 5.91 Å². The number of methoxy groups -OCH3 is 2. The van der Waals surface area contributed by atoms with Crippen LogP contribution in [-0.4, -0.2) is 44.0 Å². The highest BCUT2D eigenvalue weighted by Crippen LogP contribution is 2.37. The predicted molar refractivity (Wildman–Crippen MR) is 118 cm³/mol. The zero-order chi connectivity index (χ0) is 21.8. The molecule has 1 atom stereocenters. The molecular weight excluding hydrogens is 404 g/mol. The molecule has 0 bridgehead atoms. The SMILES string of the molecule is COc1cc(Cl)c(NC(=O)[C@H]2CCCN(C(=O)c3cc(C)cc(C)c3)C2)c(OC)c1. The van der Waals surface area contributed by atoms with E-state index in [0.29, 0.717) is 47.3 Å². The number of likely N-dealkylation sites (tertiary alicyclic amines) is 1. The largest absolute Gasteiger partial charge is 0.497 e.